The van der Waals surface area contributed by atoms with Gasteiger partial charge in [0.1, 0.15) is 0 Å². The van der Waals surface area contributed by atoms with Crippen LogP contribution in [0.4, 0.5) is 5.69 Å². The van der Waals surface area contributed by atoms with Crippen LogP contribution >= 0.6 is 11.8 Å². The average Bonchev–Trinajstić information content (AvgIpc) is 2.96. The fraction of sp³-hybridized carbons (Fsp3) is 0.562. The Hall–Kier alpha value is -1.00. The zero-order valence-corrected chi connectivity index (χ0v) is 12.8. The van der Waals surface area contributed by atoms with E-state index in [1.165, 1.54) is 4.90 Å². The minimum atomic E-state index is -0.316. The zero-order valence-electron chi connectivity index (χ0n) is 12.0. The first kappa shape index (κ1) is 14.0. The van der Waals surface area contributed by atoms with Crippen LogP contribution < -0.4 is 10.2 Å². The summed E-state index contributed by atoms with van der Waals surface area (Å²) in [6.07, 6.45) is 4.07. The number of carbonyl (C=O) groups excluding carboxylic acids is 1. The monoisotopic (exact) mass is 290 g/mol. The van der Waals surface area contributed by atoms with E-state index in [2.05, 4.69) is 30.4 Å². The van der Waals surface area contributed by atoms with E-state index in [-0.39, 0.29) is 11.4 Å². The van der Waals surface area contributed by atoms with Gasteiger partial charge in [-0.15, -0.1) is 11.8 Å². The largest absolute Gasteiger partial charge is 0.309 e. The molecule has 0 bridgehead atoms. The molecule has 1 amide bonds. The number of amides is 1. The Labute approximate surface area is 125 Å². The average molecular weight is 290 g/mol. The summed E-state index contributed by atoms with van der Waals surface area (Å²) in [6.45, 7) is 3.96. The fourth-order valence-electron chi connectivity index (χ4n) is 3.37. The van der Waals surface area contributed by atoms with Crippen LogP contribution in [0.25, 0.3) is 0 Å². The third-order valence-electron chi connectivity index (χ3n) is 4.30. The first-order valence-electron chi connectivity index (χ1n) is 7.56. The summed E-state index contributed by atoms with van der Waals surface area (Å²) in [4.78, 5) is 16.4. The lowest BCUT2D eigenvalue weighted by molar-refractivity contribution is -0.124. The summed E-state index contributed by atoms with van der Waals surface area (Å²) in [5.74, 6) is 1.27. The number of hydrogen-bond acceptors (Lipinski definition) is 3. The van der Waals surface area contributed by atoms with Crippen LogP contribution in [0, 0.1) is 0 Å². The Bertz CT molecular complexity index is 497. The first-order chi connectivity index (χ1) is 9.77. The molecule has 0 radical (unpaired) electrons. The SMILES string of the molecule is CCCC1(C(=O)N2CCSc3ccccc32)CCCN1. The molecule has 1 atom stereocenters. The van der Waals surface area contributed by atoms with Crippen LogP contribution in [0.1, 0.15) is 32.6 Å². The second kappa shape index (κ2) is 5.78. The minimum absolute atomic E-state index is 0.282. The van der Waals surface area contributed by atoms with Crippen molar-refractivity contribution in [1.29, 1.82) is 0 Å². The van der Waals surface area contributed by atoms with Gasteiger partial charge in [0, 0.05) is 17.2 Å². The summed E-state index contributed by atoms with van der Waals surface area (Å²) >= 11 is 1.85. The van der Waals surface area contributed by atoms with Crippen molar-refractivity contribution in [3.63, 3.8) is 0 Å². The number of rotatable bonds is 3. The fourth-order valence-corrected chi connectivity index (χ4v) is 4.37. The number of thioether (sulfide) groups is 1. The van der Waals surface area contributed by atoms with Gasteiger partial charge in [0.2, 0.25) is 5.91 Å². The maximum atomic E-state index is 13.1. The molecule has 3 rings (SSSR count). The quantitative estimate of drug-likeness (QED) is 0.928. The molecule has 0 saturated carbocycles. The second-order valence-corrected chi connectivity index (χ2v) is 6.77. The molecular weight excluding hydrogens is 268 g/mol. The van der Waals surface area contributed by atoms with Crippen LogP contribution in [0.3, 0.4) is 0 Å². The number of para-hydroxylation sites is 1. The van der Waals surface area contributed by atoms with Crippen molar-refractivity contribution >= 4 is 23.4 Å². The normalized spacial score (nSPS) is 25.6. The third kappa shape index (κ3) is 2.35. The summed E-state index contributed by atoms with van der Waals surface area (Å²) in [7, 11) is 0. The van der Waals surface area contributed by atoms with E-state index < -0.39 is 0 Å². The van der Waals surface area contributed by atoms with Crippen LogP contribution in [0.5, 0.6) is 0 Å². The van der Waals surface area contributed by atoms with Crippen LogP contribution in [-0.4, -0.2) is 30.3 Å². The molecule has 3 nitrogen and oxygen atoms in total. The Balaban J connectivity index is 1.91. The molecule has 4 heteroatoms. The molecule has 2 aliphatic rings. The minimum Gasteiger partial charge on any atom is -0.309 e. The number of benzene rings is 1. The van der Waals surface area contributed by atoms with Crippen molar-refractivity contribution < 1.29 is 4.79 Å². The highest BCUT2D eigenvalue weighted by Crippen LogP contribution is 2.37. The third-order valence-corrected chi connectivity index (χ3v) is 5.35. The molecule has 1 aromatic rings. The summed E-state index contributed by atoms with van der Waals surface area (Å²) < 4.78 is 0. The second-order valence-electron chi connectivity index (χ2n) is 5.64. The topological polar surface area (TPSA) is 32.3 Å². The van der Waals surface area contributed by atoms with Crippen molar-refractivity contribution in [1.82, 2.24) is 5.32 Å². The highest BCUT2D eigenvalue weighted by molar-refractivity contribution is 7.99. The number of fused-ring (bicyclic) bond motifs is 1. The Morgan fingerprint density at radius 3 is 3.05 bits per heavy atom. The highest BCUT2D eigenvalue weighted by Gasteiger charge is 2.43. The number of carbonyl (C=O) groups is 1. The molecule has 20 heavy (non-hydrogen) atoms. The standard InChI is InChI=1S/C16H22N2OS/c1-2-8-16(9-5-10-17-16)15(19)18-11-12-20-14-7-4-3-6-13(14)18/h3-4,6-7,17H,2,5,8-12H2,1H3. The molecule has 0 aromatic heterocycles. The molecule has 1 saturated heterocycles. The van der Waals surface area contributed by atoms with E-state index in [9.17, 15) is 4.79 Å². The van der Waals surface area contributed by atoms with E-state index >= 15 is 0 Å². The summed E-state index contributed by atoms with van der Waals surface area (Å²) in [5.41, 5.74) is 0.780. The Kier molecular flexibility index (Phi) is 4.03. The van der Waals surface area contributed by atoms with Crippen LogP contribution in [0.2, 0.25) is 0 Å². The highest BCUT2D eigenvalue weighted by atomic mass is 32.2. The molecular formula is C16H22N2OS. The number of hydrogen-bond donors (Lipinski definition) is 1. The van der Waals surface area contributed by atoms with E-state index in [4.69, 9.17) is 0 Å². The molecule has 0 aliphatic carbocycles. The summed E-state index contributed by atoms with van der Waals surface area (Å²) in [5, 5.41) is 3.50. The van der Waals surface area contributed by atoms with Gasteiger partial charge in [0.05, 0.1) is 11.2 Å². The van der Waals surface area contributed by atoms with Crippen molar-refractivity contribution in [2.45, 2.75) is 43.0 Å². The van der Waals surface area contributed by atoms with Gasteiger partial charge in [-0.1, -0.05) is 25.5 Å². The van der Waals surface area contributed by atoms with Crippen LogP contribution in [0.15, 0.2) is 29.2 Å². The molecule has 1 fully saturated rings. The van der Waals surface area contributed by atoms with Gasteiger partial charge in [-0.25, -0.2) is 0 Å². The lowest BCUT2D eigenvalue weighted by Gasteiger charge is -2.37. The van der Waals surface area contributed by atoms with Gasteiger partial charge >= 0.3 is 0 Å². The van der Waals surface area contributed by atoms with Gasteiger partial charge in [-0.2, -0.15) is 0 Å². The molecule has 1 N–H and O–H groups in total. The van der Waals surface area contributed by atoms with E-state index in [1.54, 1.807) is 0 Å². The zero-order chi connectivity index (χ0) is 14.0. The van der Waals surface area contributed by atoms with Crippen molar-refractivity contribution in [2.24, 2.45) is 0 Å². The van der Waals surface area contributed by atoms with E-state index in [0.717, 1.165) is 50.2 Å². The molecule has 2 aliphatic heterocycles. The van der Waals surface area contributed by atoms with Crippen molar-refractivity contribution in [2.75, 3.05) is 23.7 Å². The van der Waals surface area contributed by atoms with Crippen molar-refractivity contribution in [3.05, 3.63) is 24.3 Å². The van der Waals surface area contributed by atoms with E-state index in [1.807, 2.05) is 22.7 Å². The molecule has 108 valence electrons. The lowest BCUT2D eigenvalue weighted by Crippen LogP contribution is -2.56. The predicted molar refractivity (Wildman–Crippen MR) is 84.4 cm³/mol. The Morgan fingerprint density at radius 1 is 1.45 bits per heavy atom. The predicted octanol–water partition coefficient (Wildman–Crippen LogP) is 3.05. The molecule has 1 unspecified atom stereocenters. The van der Waals surface area contributed by atoms with E-state index in [0.29, 0.717) is 0 Å². The number of nitrogens with zero attached hydrogens (tertiary/aromatic N) is 1. The lowest BCUT2D eigenvalue weighted by atomic mass is 9.90. The van der Waals surface area contributed by atoms with Gasteiger partial charge in [-0.3, -0.25) is 4.79 Å². The van der Waals surface area contributed by atoms with Gasteiger partial charge in [0.25, 0.3) is 0 Å². The number of anilines is 1. The maximum Gasteiger partial charge on any atom is 0.247 e. The number of nitrogens with one attached hydrogen (secondary N) is 1. The summed E-state index contributed by atoms with van der Waals surface area (Å²) in [6, 6.07) is 8.27. The van der Waals surface area contributed by atoms with Crippen molar-refractivity contribution in [3.8, 4) is 0 Å². The van der Waals surface area contributed by atoms with Gasteiger partial charge in [-0.05, 0) is 37.9 Å². The molecule has 1 aromatic carbocycles. The van der Waals surface area contributed by atoms with Gasteiger partial charge in [0.15, 0.2) is 0 Å². The molecule has 0 spiro atoms. The molecule has 2 heterocycles. The smallest absolute Gasteiger partial charge is 0.247 e. The van der Waals surface area contributed by atoms with Crippen LogP contribution in [-0.2, 0) is 4.79 Å². The van der Waals surface area contributed by atoms with Gasteiger partial charge < -0.3 is 10.2 Å². The maximum absolute atomic E-state index is 13.1. The first-order valence-corrected chi connectivity index (χ1v) is 8.54. The Morgan fingerprint density at radius 2 is 2.30 bits per heavy atom.